The molecule has 0 saturated carbocycles. The first-order valence-corrected chi connectivity index (χ1v) is 7.70. The molecule has 1 atom stereocenters. The van der Waals surface area contributed by atoms with Crippen LogP contribution in [0.25, 0.3) is 22.9 Å². The van der Waals surface area contributed by atoms with E-state index in [2.05, 4.69) is 36.4 Å². The molecule has 2 heterocycles. The number of rotatable bonds is 0. The van der Waals surface area contributed by atoms with Crippen molar-refractivity contribution in [1.29, 1.82) is 0 Å². The van der Waals surface area contributed by atoms with Gasteiger partial charge in [0.25, 0.3) is 5.79 Å². The summed E-state index contributed by atoms with van der Waals surface area (Å²) in [4.78, 5) is 0. The van der Waals surface area contributed by atoms with Crippen molar-refractivity contribution >= 4 is 22.9 Å². The number of hydrogen-bond donors (Lipinski definition) is 0. The SMILES string of the molecule is C1=CC2(C=Cc3ccc4ccccc4c3O2)Oc2ccccc21. The number of benzene rings is 3. The smallest absolute Gasteiger partial charge is 0.291 e. The quantitative estimate of drug-likeness (QED) is 0.578. The van der Waals surface area contributed by atoms with Crippen molar-refractivity contribution in [3.05, 3.63) is 83.9 Å². The third kappa shape index (κ3) is 1.88. The Balaban J connectivity index is 1.65. The molecule has 0 bridgehead atoms. The van der Waals surface area contributed by atoms with Crippen molar-refractivity contribution in [3.63, 3.8) is 0 Å². The third-order valence-electron chi connectivity index (χ3n) is 4.35. The van der Waals surface area contributed by atoms with Crippen molar-refractivity contribution in [2.24, 2.45) is 0 Å². The molecular formula is C21H14O2. The molecule has 0 amide bonds. The van der Waals surface area contributed by atoms with Gasteiger partial charge in [-0.1, -0.05) is 54.6 Å². The molecule has 0 aliphatic carbocycles. The average molecular weight is 298 g/mol. The van der Waals surface area contributed by atoms with Gasteiger partial charge < -0.3 is 9.47 Å². The molecule has 2 aliphatic rings. The van der Waals surface area contributed by atoms with Gasteiger partial charge in [0.05, 0.1) is 0 Å². The zero-order chi connectivity index (χ0) is 15.3. The molecule has 2 heteroatoms. The Labute approximate surface area is 134 Å². The number of para-hydroxylation sites is 1. The second-order valence-corrected chi connectivity index (χ2v) is 5.84. The third-order valence-corrected chi connectivity index (χ3v) is 4.35. The minimum Gasteiger partial charge on any atom is -0.445 e. The van der Waals surface area contributed by atoms with E-state index in [1.165, 1.54) is 0 Å². The summed E-state index contributed by atoms with van der Waals surface area (Å²) in [7, 11) is 0. The van der Waals surface area contributed by atoms with E-state index in [1.54, 1.807) is 0 Å². The van der Waals surface area contributed by atoms with E-state index in [1.807, 2.05) is 48.6 Å². The van der Waals surface area contributed by atoms with E-state index < -0.39 is 5.79 Å². The highest BCUT2D eigenvalue weighted by Crippen LogP contribution is 2.41. The fourth-order valence-corrected chi connectivity index (χ4v) is 3.17. The van der Waals surface area contributed by atoms with Crippen LogP contribution in [-0.2, 0) is 0 Å². The molecule has 5 rings (SSSR count). The second kappa shape index (κ2) is 4.50. The molecule has 1 spiro atoms. The van der Waals surface area contributed by atoms with Gasteiger partial charge in [-0.2, -0.15) is 0 Å². The first-order valence-electron chi connectivity index (χ1n) is 7.70. The monoisotopic (exact) mass is 298 g/mol. The van der Waals surface area contributed by atoms with Gasteiger partial charge in [-0.25, -0.2) is 0 Å². The topological polar surface area (TPSA) is 18.5 Å². The largest absolute Gasteiger partial charge is 0.445 e. The highest BCUT2D eigenvalue weighted by molar-refractivity contribution is 5.92. The summed E-state index contributed by atoms with van der Waals surface area (Å²) in [6.45, 7) is 0. The van der Waals surface area contributed by atoms with Gasteiger partial charge in [-0.15, -0.1) is 0 Å². The van der Waals surface area contributed by atoms with Gasteiger partial charge in [-0.05, 0) is 23.6 Å². The van der Waals surface area contributed by atoms with Crippen molar-refractivity contribution in [2.45, 2.75) is 5.79 Å². The predicted molar refractivity (Wildman–Crippen MR) is 92.4 cm³/mol. The minimum absolute atomic E-state index is 0.836. The van der Waals surface area contributed by atoms with E-state index in [9.17, 15) is 0 Å². The molecule has 1 unspecified atom stereocenters. The van der Waals surface area contributed by atoms with Crippen LogP contribution in [0.5, 0.6) is 11.5 Å². The first kappa shape index (κ1) is 12.5. The van der Waals surface area contributed by atoms with E-state index in [0.29, 0.717) is 0 Å². The molecule has 23 heavy (non-hydrogen) atoms. The maximum absolute atomic E-state index is 6.33. The van der Waals surface area contributed by atoms with Crippen LogP contribution in [0.2, 0.25) is 0 Å². The zero-order valence-electron chi connectivity index (χ0n) is 12.4. The van der Waals surface area contributed by atoms with Crippen molar-refractivity contribution in [3.8, 4) is 11.5 Å². The molecule has 2 nitrogen and oxygen atoms in total. The maximum Gasteiger partial charge on any atom is 0.291 e. The average Bonchev–Trinajstić information content (AvgIpc) is 2.61. The fourth-order valence-electron chi connectivity index (χ4n) is 3.17. The molecule has 2 aliphatic heterocycles. The van der Waals surface area contributed by atoms with Crippen LogP contribution < -0.4 is 9.47 Å². The van der Waals surface area contributed by atoms with E-state index in [-0.39, 0.29) is 0 Å². The van der Waals surface area contributed by atoms with Gasteiger partial charge in [0.2, 0.25) is 0 Å². The van der Waals surface area contributed by atoms with Crippen LogP contribution in [0.15, 0.2) is 72.8 Å². The Morgan fingerprint density at radius 2 is 1.43 bits per heavy atom. The summed E-state index contributed by atoms with van der Waals surface area (Å²) in [6, 6.07) is 20.4. The minimum atomic E-state index is -0.870. The number of fused-ring (bicyclic) bond motifs is 4. The molecule has 3 aromatic rings. The van der Waals surface area contributed by atoms with Crippen molar-refractivity contribution in [1.82, 2.24) is 0 Å². The summed E-state index contributed by atoms with van der Waals surface area (Å²) in [6.07, 6.45) is 8.07. The molecule has 3 aromatic carbocycles. The lowest BCUT2D eigenvalue weighted by molar-refractivity contribution is -0.0295. The molecule has 0 N–H and O–H groups in total. The predicted octanol–water partition coefficient (Wildman–Crippen LogP) is 5.05. The first-order chi connectivity index (χ1) is 11.3. The number of ether oxygens (including phenoxy) is 2. The fraction of sp³-hybridized carbons (Fsp3) is 0.0476. The Kier molecular flexibility index (Phi) is 2.45. The van der Waals surface area contributed by atoms with E-state index >= 15 is 0 Å². The second-order valence-electron chi connectivity index (χ2n) is 5.84. The van der Waals surface area contributed by atoms with Gasteiger partial charge >= 0.3 is 0 Å². The van der Waals surface area contributed by atoms with E-state index in [0.717, 1.165) is 33.4 Å². The van der Waals surface area contributed by atoms with Crippen molar-refractivity contribution < 1.29 is 9.47 Å². The van der Waals surface area contributed by atoms with Crippen LogP contribution in [0.3, 0.4) is 0 Å². The maximum atomic E-state index is 6.33. The summed E-state index contributed by atoms with van der Waals surface area (Å²) >= 11 is 0. The van der Waals surface area contributed by atoms with Crippen LogP contribution in [0.1, 0.15) is 11.1 Å². The molecule has 0 radical (unpaired) electrons. The zero-order valence-corrected chi connectivity index (χ0v) is 12.4. The molecular weight excluding hydrogens is 284 g/mol. The highest BCUT2D eigenvalue weighted by Gasteiger charge is 2.35. The van der Waals surface area contributed by atoms with Crippen LogP contribution in [0, 0.1) is 0 Å². The van der Waals surface area contributed by atoms with Crippen LogP contribution in [0.4, 0.5) is 0 Å². The van der Waals surface area contributed by atoms with Crippen LogP contribution >= 0.6 is 0 Å². The standard InChI is InChI=1S/C21H14O2/c1-3-7-18-15(5-1)9-10-17-12-14-21(23-20(17)18)13-11-16-6-2-4-8-19(16)22-21/h1-14H. The van der Waals surface area contributed by atoms with Crippen molar-refractivity contribution in [2.75, 3.05) is 0 Å². The molecule has 110 valence electrons. The molecule has 0 aromatic heterocycles. The Hall–Kier alpha value is -3.00. The van der Waals surface area contributed by atoms with Gasteiger partial charge in [0.15, 0.2) is 0 Å². The Bertz CT molecular complexity index is 984. The highest BCUT2D eigenvalue weighted by atomic mass is 16.7. The summed E-state index contributed by atoms with van der Waals surface area (Å²) < 4.78 is 12.5. The Morgan fingerprint density at radius 1 is 0.652 bits per heavy atom. The van der Waals surface area contributed by atoms with Gasteiger partial charge in [0, 0.05) is 28.7 Å². The summed E-state index contributed by atoms with van der Waals surface area (Å²) in [5, 5.41) is 2.27. The lowest BCUT2D eigenvalue weighted by atomic mass is 10.00. The summed E-state index contributed by atoms with van der Waals surface area (Å²) in [5.74, 6) is 0.837. The lowest BCUT2D eigenvalue weighted by Crippen LogP contribution is -2.41. The van der Waals surface area contributed by atoms with Gasteiger partial charge in [0.1, 0.15) is 11.5 Å². The lowest BCUT2D eigenvalue weighted by Gasteiger charge is -2.35. The van der Waals surface area contributed by atoms with E-state index in [4.69, 9.17) is 9.47 Å². The normalized spacial score (nSPS) is 20.7. The molecule has 0 saturated heterocycles. The number of hydrogen-bond acceptors (Lipinski definition) is 2. The summed E-state index contributed by atoms with van der Waals surface area (Å²) in [5.41, 5.74) is 2.14. The Morgan fingerprint density at radius 3 is 2.39 bits per heavy atom. The van der Waals surface area contributed by atoms with Gasteiger partial charge in [-0.3, -0.25) is 0 Å². The van der Waals surface area contributed by atoms with Crippen LogP contribution in [-0.4, -0.2) is 5.79 Å². The molecule has 0 fully saturated rings.